The third-order valence-electron chi connectivity index (χ3n) is 2.12. The van der Waals surface area contributed by atoms with Crippen LogP contribution in [0.3, 0.4) is 0 Å². The van der Waals surface area contributed by atoms with Gasteiger partial charge in [0, 0.05) is 29.6 Å². The summed E-state index contributed by atoms with van der Waals surface area (Å²) in [4.78, 5) is 19.9. The summed E-state index contributed by atoms with van der Waals surface area (Å²) in [5.74, 6) is -0.0181. The van der Waals surface area contributed by atoms with E-state index in [1.54, 1.807) is 23.3 Å². The first-order valence-corrected chi connectivity index (χ1v) is 5.56. The lowest BCUT2D eigenvalue weighted by atomic mass is 10.1. The van der Waals surface area contributed by atoms with Gasteiger partial charge in [0.25, 0.3) is 0 Å². The Morgan fingerprint density at radius 1 is 1.44 bits per heavy atom. The molecule has 0 N–H and O–H groups in total. The predicted molar refractivity (Wildman–Crippen MR) is 63.2 cm³/mol. The number of imidazole rings is 1. The Bertz CT molecular complexity index is 504. The van der Waals surface area contributed by atoms with Crippen LogP contribution in [0.15, 0.2) is 35.3 Å². The molecule has 82 valence electrons. The van der Waals surface area contributed by atoms with Crippen LogP contribution in [0.25, 0.3) is 0 Å². The molecule has 0 aliphatic carbocycles. The van der Waals surface area contributed by atoms with Gasteiger partial charge < -0.3 is 4.57 Å². The zero-order valence-electron chi connectivity index (χ0n) is 8.72. The minimum Gasteiger partial charge on any atom is -0.340 e. The Kier molecular flexibility index (Phi) is 3.14. The lowest BCUT2D eigenvalue weighted by Gasteiger charge is -1.97. The Labute approximate surface area is 101 Å². The van der Waals surface area contributed by atoms with Crippen LogP contribution in [0.2, 0.25) is 0 Å². The summed E-state index contributed by atoms with van der Waals surface area (Å²) in [5, 5.41) is 0. The molecular weight excluding hydrogens is 270 g/mol. The van der Waals surface area contributed by atoms with Crippen molar-refractivity contribution in [3.05, 3.63) is 46.7 Å². The molecule has 0 amide bonds. The number of ketones is 1. The van der Waals surface area contributed by atoms with Gasteiger partial charge in [-0.2, -0.15) is 0 Å². The summed E-state index contributed by atoms with van der Waals surface area (Å²) in [5.41, 5.74) is 1.23. The number of rotatable bonds is 3. The number of nitrogens with zero attached hydrogens (tertiary/aromatic N) is 3. The Balaban J connectivity index is 2.10. The molecule has 4 nitrogen and oxygen atoms in total. The average Bonchev–Trinajstić information content (AvgIpc) is 2.68. The van der Waals surface area contributed by atoms with Crippen molar-refractivity contribution in [1.82, 2.24) is 14.5 Å². The third-order valence-corrected chi connectivity index (χ3v) is 2.59. The van der Waals surface area contributed by atoms with Crippen LogP contribution in [0, 0.1) is 0 Å². The van der Waals surface area contributed by atoms with Crippen LogP contribution in [-0.4, -0.2) is 20.3 Å². The van der Waals surface area contributed by atoms with Gasteiger partial charge >= 0.3 is 0 Å². The second-order valence-electron chi connectivity index (χ2n) is 3.49. The van der Waals surface area contributed by atoms with E-state index in [1.807, 2.05) is 19.2 Å². The van der Waals surface area contributed by atoms with Crippen LogP contribution in [0.1, 0.15) is 16.2 Å². The number of pyridine rings is 1. The zero-order chi connectivity index (χ0) is 11.5. The predicted octanol–water partition coefficient (Wildman–Crippen LogP) is 2.00. The van der Waals surface area contributed by atoms with Gasteiger partial charge in [0.15, 0.2) is 5.78 Å². The maximum atomic E-state index is 11.8. The molecule has 0 saturated carbocycles. The molecule has 5 heteroatoms. The highest BCUT2D eigenvalue weighted by Gasteiger charge is 2.10. The fourth-order valence-corrected chi connectivity index (χ4v) is 1.56. The first-order valence-electron chi connectivity index (χ1n) is 4.77. The summed E-state index contributed by atoms with van der Waals surface area (Å²) in [6.07, 6.45) is 5.29. The molecule has 2 rings (SSSR count). The fraction of sp³-hybridized carbons (Fsp3) is 0.182. The quantitative estimate of drug-likeness (QED) is 0.808. The molecule has 0 aliphatic rings. The van der Waals surface area contributed by atoms with Crippen molar-refractivity contribution in [1.29, 1.82) is 0 Å². The average molecular weight is 280 g/mol. The first kappa shape index (κ1) is 11.0. The summed E-state index contributed by atoms with van der Waals surface area (Å²) >= 11 is 3.30. The van der Waals surface area contributed by atoms with E-state index >= 15 is 0 Å². The van der Waals surface area contributed by atoms with E-state index in [-0.39, 0.29) is 12.2 Å². The number of hydrogen-bond acceptors (Lipinski definition) is 3. The van der Waals surface area contributed by atoms with Gasteiger partial charge in [0.05, 0.1) is 12.7 Å². The van der Waals surface area contributed by atoms with E-state index < -0.39 is 0 Å². The van der Waals surface area contributed by atoms with Gasteiger partial charge in [0.1, 0.15) is 5.69 Å². The van der Waals surface area contributed by atoms with Crippen molar-refractivity contribution >= 4 is 21.7 Å². The summed E-state index contributed by atoms with van der Waals surface area (Å²) in [6, 6.07) is 3.69. The van der Waals surface area contributed by atoms with Crippen LogP contribution in [0.4, 0.5) is 0 Å². The molecule has 2 heterocycles. The SMILES string of the molecule is Cn1cnc(C(=O)Cc2ccc(Br)cn2)c1. The fourth-order valence-electron chi connectivity index (χ4n) is 1.32. The smallest absolute Gasteiger partial charge is 0.188 e. The van der Waals surface area contributed by atoms with Crippen molar-refractivity contribution in [3.63, 3.8) is 0 Å². The normalized spacial score (nSPS) is 10.4. The molecule has 0 atom stereocenters. The molecular formula is C11H10BrN3O. The molecule has 2 aromatic rings. The van der Waals surface area contributed by atoms with E-state index in [9.17, 15) is 4.79 Å². The molecule has 0 bridgehead atoms. The van der Waals surface area contributed by atoms with E-state index in [4.69, 9.17) is 0 Å². The second-order valence-corrected chi connectivity index (χ2v) is 4.41. The largest absolute Gasteiger partial charge is 0.340 e. The molecule has 0 spiro atoms. The number of carbonyl (C=O) groups is 1. The Morgan fingerprint density at radius 2 is 2.25 bits per heavy atom. The van der Waals surface area contributed by atoms with Gasteiger partial charge in [-0.15, -0.1) is 0 Å². The summed E-state index contributed by atoms with van der Waals surface area (Å²) in [7, 11) is 1.83. The number of aromatic nitrogens is 3. The Morgan fingerprint density at radius 3 is 2.81 bits per heavy atom. The number of Topliss-reactive ketones (excluding diaryl/α,β-unsaturated/α-hetero) is 1. The first-order chi connectivity index (χ1) is 7.65. The van der Waals surface area contributed by atoms with Gasteiger partial charge in [-0.25, -0.2) is 4.98 Å². The van der Waals surface area contributed by atoms with E-state index in [0.29, 0.717) is 5.69 Å². The molecule has 0 unspecified atom stereocenters. The minimum atomic E-state index is -0.0181. The van der Waals surface area contributed by atoms with Crippen molar-refractivity contribution in [2.24, 2.45) is 7.05 Å². The lowest BCUT2D eigenvalue weighted by molar-refractivity contribution is 0.0987. The highest BCUT2D eigenvalue weighted by molar-refractivity contribution is 9.10. The minimum absolute atomic E-state index is 0.0181. The highest BCUT2D eigenvalue weighted by atomic mass is 79.9. The summed E-state index contributed by atoms with van der Waals surface area (Å²) < 4.78 is 2.66. The maximum Gasteiger partial charge on any atom is 0.188 e. The molecule has 0 fully saturated rings. The van der Waals surface area contributed by atoms with Gasteiger partial charge in [-0.1, -0.05) is 0 Å². The van der Waals surface area contributed by atoms with Gasteiger partial charge in [-0.3, -0.25) is 9.78 Å². The van der Waals surface area contributed by atoms with E-state index in [0.717, 1.165) is 10.2 Å². The van der Waals surface area contributed by atoms with Crippen LogP contribution in [0.5, 0.6) is 0 Å². The second kappa shape index (κ2) is 4.57. The van der Waals surface area contributed by atoms with E-state index in [1.165, 1.54) is 0 Å². The summed E-state index contributed by atoms with van der Waals surface area (Å²) in [6.45, 7) is 0. The van der Waals surface area contributed by atoms with Crippen molar-refractivity contribution in [2.45, 2.75) is 6.42 Å². The van der Waals surface area contributed by atoms with Crippen LogP contribution in [-0.2, 0) is 13.5 Å². The van der Waals surface area contributed by atoms with Crippen LogP contribution < -0.4 is 0 Å². The highest BCUT2D eigenvalue weighted by Crippen LogP contribution is 2.09. The molecule has 0 aliphatic heterocycles. The maximum absolute atomic E-state index is 11.8. The topological polar surface area (TPSA) is 47.8 Å². The number of aryl methyl sites for hydroxylation is 1. The zero-order valence-corrected chi connectivity index (χ0v) is 10.3. The standard InChI is InChI=1S/C11H10BrN3O/c1-15-6-10(14-7-15)11(16)4-9-3-2-8(12)5-13-9/h2-3,5-7H,4H2,1H3. The monoisotopic (exact) mass is 279 g/mol. The lowest BCUT2D eigenvalue weighted by Crippen LogP contribution is -2.05. The molecule has 0 radical (unpaired) electrons. The molecule has 0 aromatic carbocycles. The van der Waals surface area contributed by atoms with Crippen molar-refractivity contribution in [2.75, 3.05) is 0 Å². The van der Waals surface area contributed by atoms with Gasteiger partial charge in [-0.05, 0) is 28.1 Å². The Hall–Kier alpha value is -1.49. The third kappa shape index (κ3) is 2.55. The number of hydrogen-bond donors (Lipinski definition) is 0. The molecule has 2 aromatic heterocycles. The van der Waals surface area contributed by atoms with Gasteiger partial charge in [0.2, 0.25) is 0 Å². The van der Waals surface area contributed by atoms with Crippen molar-refractivity contribution < 1.29 is 4.79 Å². The van der Waals surface area contributed by atoms with Crippen LogP contribution >= 0.6 is 15.9 Å². The number of carbonyl (C=O) groups excluding carboxylic acids is 1. The van der Waals surface area contributed by atoms with Crippen molar-refractivity contribution in [3.8, 4) is 0 Å². The number of halogens is 1. The molecule has 0 saturated heterocycles. The van der Waals surface area contributed by atoms with E-state index in [2.05, 4.69) is 25.9 Å². The molecule has 16 heavy (non-hydrogen) atoms.